The predicted molar refractivity (Wildman–Crippen MR) is 151 cm³/mol. The molecule has 4 atom stereocenters. The number of ether oxygens (including phenoxy) is 2. The first-order chi connectivity index (χ1) is 19.5. The summed E-state index contributed by atoms with van der Waals surface area (Å²) in [5.74, 6) is -3.68. The molecule has 1 fully saturated rings. The van der Waals surface area contributed by atoms with Crippen LogP contribution in [-0.2, 0) is 24.7 Å². The average molecular weight is 552 g/mol. The largest absolute Gasteiger partial charge is 0.465 e. The number of hydrogen-bond donors (Lipinski definition) is 1. The van der Waals surface area contributed by atoms with E-state index >= 15 is 0 Å². The summed E-state index contributed by atoms with van der Waals surface area (Å²) in [5, 5.41) is 3.88. The van der Waals surface area contributed by atoms with Crippen LogP contribution in [0.4, 0.5) is 5.69 Å². The molecule has 4 aromatic rings. The van der Waals surface area contributed by atoms with E-state index in [9.17, 15) is 14.4 Å². The quantitative estimate of drug-likeness (QED) is 0.168. The van der Waals surface area contributed by atoms with E-state index in [0.717, 1.165) is 5.56 Å². The van der Waals surface area contributed by atoms with E-state index in [0.29, 0.717) is 33.0 Å². The molecule has 1 N–H and O–H groups in total. The molecule has 0 saturated carbocycles. The van der Waals surface area contributed by atoms with E-state index in [1.165, 1.54) is 0 Å². The Bertz CT molecular complexity index is 1590. The van der Waals surface area contributed by atoms with Gasteiger partial charge in [-0.3, -0.25) is 14.4 Å². The third kappa shape index (κ3) is 4.07. The topological polar surface area (TPSA) is 81.7 Å². The molecule has 4 aromatic carbocycles. The highest BCUT2D eigenvalue weighted by Gasteiger charge is 2.66. The minimum atomic E-state index is -1.33. The second-order valence-corrected chi connectivity index (χ2v) is 10.3. The normalized spacial score (nSPS) is 22.9. The fourth-order valence-corrected chi connectivity index (χ4v) is 6.31. The molecule has 0 bridgehead atoms. The van der Waals surface area contributed by atoms with Crippen LogP contribution in [0.5, 0.6) is 0 Å². The van der Waals surface area contributed by atoms with Gasteiger partial charge in [-0.15, -0.1) is 0 Å². The summed E-state index contributed by atoms with van der Waals surface area (Å²) >= 11 is 6.65. The maximum Gasteiger partial charge on any atom is 0.322 e. The standard InChI is InChI=1S/C33H26ClNO5/c1-2-39-31(37)26-27-24-18-23(34)19-25(29(36)20-12-6-3-7-13-20)28(24)35-30(21-14-8-4-9-15-21)33(27,40-32(26)38)22-16-10-5-11-17-22/h3-19,26-27,30,35H,2H2,1H3/t26-,27+,30-,33-/m0/s1. The van der Waals surface area contributed by atoms with Crippen LogP contribution in [0.25, 0.3) is 0 Å². The third-order valence-corrected chi connectivity index (χ3v) is 7.90. The molecule has 6 nitrogen and oxygen atoms in total. The fourth-order valence-electron chi connectivity index (χ4n) is 6.08. The molecule has 0 radical (unpaired) electrons. The van der Waals surface area contributed by atoms with Crippen molar-refractivity contribution in [2.75, 3.05) is 11.9 Å². The van der Waals surface area contributed by atoms with Crippen molar-refractivity contribution in [1.29, 1.82) is 0 Å². The van der Waals surface area contributed by atoms with E-state index in [1.807, 2.05) is 66.7 Å². The van der Waals surface area contributed by atoms with Crippen LogP contribution in [0.2, 0.25) is 5.02 Å². The van der Waals surface area contributed by atoms with Crippen LogP contribution in [0.1, 0.15) is 51.5 Å². The van der Waals surface area contributed by atoms with Crippen molar-refractivity contribution < 1.29 is 23.9 Å². The molecule has 0 unspecified atom stereocenters. The number of anilines is 1. The van der Waals surface area contributed by atoms with Gasteiger partial charge in [0.15, 0.2) is 17.3 Å². The lowest BCUT2D eigenvalue weighted by molar-refractivity contribution is -0.159. The van der Waals surface area contributed by atoms with Gasteiger partial charge >= 0.3 is 11.9 Å². The van der Waals surface area contributed by atoms with Crippen molar-refractivity contribution >= 4 is 35.0 Å². The van der Waals surface area contributed by atoms with Crippen molar-refractivity contribution in [3.63, 3.8) is 0 Å². The van der Waals surface area contributed by atoms with Crippen molar-refractivity contribution in [2.45, 2.75) is 24.5 Å². The molecular weight excluding hydrogens is 526 g/mol. The summed E-state index contributed by atoms with van der Waals surface area (Å²) in [5.41, 5.74) is 2.10. The first-order valence-corrected chi connectivity index (χ1v) is 13.5. The maximum atomic E-state index is 13.8. The van der Waals surface area contributed by atoms with Crippen LogP contribution >= 0.6 is 11.6 Å². The molecule has 2 heterocycles. The molecule has 0 aromatic heterocycles. The maximum absolute atomic E-state index is 13.8. The van der Waals surface area contributed by atoms with Crippen LogP contribution in [0, 0.1) is 5.92 Å². The molecule has 0 amide bonds. The lowest BCUT2D eigenvalue weighted by Gasteiger charge is -2.47. The number of nitrogens with one attached hydrogen (secondary N) is 1. The van der Waals surface area contributed by atoms with Gasteiger partial charge < -0.3 is 14.8 Å². The zero-order chi connectivity index (χ0) is 27.9. The summed E-state index contributed by atoms with van der Waals surface area (Å²) in [6.07, 6.45) is 0. The SMILES string of the molecule is CCOC(=O)[C@H]1C(=O)O[C@@]2(c3ccccc3)[C@@H]1c1cc(Cl)cc(C(=O)c3ccccc3)c1N[C@H]2c1ccccc1. The Labute approximate surface area is 236 Å². The van der Waals surface area contributed by atoms with Gasteiger partial charge in [0.2, 0.25) is 0 Å². The Balaban J connectivity index is 1.67. The number of fused-ring (bicyclic) bond motifs is 3. The van der Waals surface area contributed by atoms with E-state index in [-0.39, 0.29) is 12.4 Å². The van der Waals surface area contributed by atoms with E-state index in [2.05, 4.69) is 5.32 Å². The van der Waals surface area contributed by atoms with Crippen LogP contribution in [0.15, 0.2) is 103 Å². The zero-order valence-corrected chi connectivity index (χ0v) is 22.4. The number of hydrogen-bond acceptors (Lipinski definition) is 6. The zero-order valence-electron chi connectivity index (χ0n) is 21.7. The molecule has 40 heavy (non-hydrogen) atoms. The molecule has 0 aliphatic carbocycles. The number of esters is 2. The molecule has 1 saturated heterocycles. The summed E-state index contributed by atoms with van der Waals surface area (Å²) in [4.78, 5) is 41.0. The highest BCUT2D eigenvalue weighted by molar-refractivity contribution is 6.31. The van der Waals surface area contributed by atoms with Crippen molar-refractivity contribution in [1.82, 2.24) is 0 Å². The molecule has 0 spiro atoms. The van der Waals surface area contributed by atoms with Gasteiger partial charge in [-0.2, -0.15) is 0 Å². The van der Waals surface area contributed by atoms with Gasteiger partial charge in [0.1, 0.15) is 0 Å². The smallest absolute Gasteiger partial charge is 0.322 e. The number of carbonyl (C=O) groups excluding carboxylic acids is 3. The summed E-state index contributed by atoms with van der Waals surface area (Å²) in [6, 6.07) is 30.6. The van der Waals surface area contributed by atoms with E-state index < -0.39 is 35.4 Å². The number of rotatable bonds is 6. The highest BCUT2D eigenvalue weighted by atomic mass is 35.5. The Morgan fingerprint density at radius 1 is 0.925 bits per heavy atom. The van der Waals surface area contributed by atoms with Crippen LogP contribution in [-0.4, -0.2) is 24.3 Å². The molecule has 6 rings (SSSR count). The first-order valence-electron chi connectivity index (χ1n) is 13.2. The number of carbonyl (C=O) groups is 3. The molecule has 2 aliphatic heterocycles. The highest BCUT2D eigenvalue weighted by Crippen LogP contribution is 2.62. The number of benzene rings is 4. The summed E-state index contributed by atoms with van der Waals surface area (Å²) in [6.45, 7) is 1.80. The fraction of sp³-hybridized carbons (Fsp3) is 0.182. The third-order valence-electron chi connectivity index (χ3n) is 7.68. The monoisotopic (exact) mass is 551 g/mol. The Kier molecular flexibility index (Phi) is 6.64. The van der Waals surface area contributed by atoms with Crippen molar-refractivity contribution in [3.05, 3.63) is 136 Å². The Morgan fingerprint density at radius 2 is 1.55 bits per heavy atom. The number of ketones is 1. The predicted octanol–water partition coefficient (Wildman–Crippen LogP) is 6.45. The lowest BCUT2D eigenvalue weighted by atomic mass is 9.64. The van der Waals surface area contributed by atoms with Gasteiger partial charge in [-0.25, -0.2) is 0 Å². The van der Waals surface area contributed by atoms with Gasteiger partial charge in [0.05, 0.1) is 18.6 Å². The minimum Gasteiger partial charge on any atom is -0.465 e. The first kappa shape index (κ1) is 25.8. The molecule has 2 aliphatic rings. The second kappa shape index (κ2) is 10.3. The summed E-state index contributed by atoms with van der Waals surface area (Å²) < 4.78 is 11.7. The molecular formula is C33H26ClNO5. The van der Waals surface area contributed by atoms with Crippen LogP contribution < -0.4 is 5.32 Å². The molecule has 7 heteroatoms. The lowest BCUT2D eigenvalue weighted by Crippen LogP contribution is -2.47. The number of halogens is 1. The van der Waals surface area contributed by atoms with Gasteiger partial charge in [0, 0.05) is 21.8 Å². The van der Waals surface area contributed by atoms with Crippen molar-refractivity contribution in [3.8, 4) is 0 Å². The van der Waals surface area contributed by atoms with E-state index in [4.69, 9.17) is 21.1 Å². The average Bonchev–Trinajstić information content (AvgIpc) is 3.31. The van der Waals surface area contributed by atoms with Crippen LogP contribution in [0.3, 0.4) is 0 Å². The second-order valence-electron chi connectivity index (χ2n) is 9.89. The van der Waals surface area contributed by atoms with Crippen molar-refractivity contribution in [2.24, 2.45) is 5.92 Å². The van der Waals surface area contributed by atoms with Gasteiger partial charge in [-0.05, 0) is 35.7 Å². The van der Waals surface area contributed by atoms with Gasteiger partial charge in [0.25, 0.3) is 0 Å². The summed E-state index contributed by atoms with van der Waals surface area (Å²) in [7, 11) is 0. The minimum absolute atomic E-state index is 0.105. The Morgan fingerprint density at radius 3 is 2.20 bits per heavy atom. The van der Waals surface area contributed by atoms with Gasteiger partial charge in [-0.1, -0.05) is 103 Å². The molecule has 200 valence electrons. The van der Waals surface area contributed by atoms with E-state index in [1.54, 1.807) is 43.3 Å². The Hall–Kier alpha value is -4.42.